The lowest BCUT2D eigenvalue weighted by Crippen LogP contribution is -2.25. The molecule has 1 unspecified atom stereocenters. The summed E-state index contributed by atoms with van der Waals surface area (Å²) in [5.41, 5.74) is 2.00. The van der Waals surface area contributed by atoms with Crippen LogP contribution < -0.4 is 9.80 Å². The Labute approximate surface area is 118 Å². The van der Waals surface area contributed by atoms with Crippen molar-refractivity contribution in [3.05, 3.63) is 24.3 Å². The van der Waals surface area contributed by atoms with Gasteiger partial charge in [0.25, 0.3) is 0 Å². The van der Waals surface area contributed by atoms with E-state index in [4.69, 9.17) is 0 Å². The second kappa shape index (κ2) is 6.35. The maximum absolute atomic E-state index is 11.9. The maximum Gasteiger partial charge on any atom is 0.235 e. The van der Waals surface area contributed by atoms with Gasteiger partial charge in [-0.15, -0.1) is 0 Å². The molecule has 0 N–H and O–H groups in total. The summed E-state index contributed by atoms with van der Waals surface area (Å²) in [6, 6.07) is 7.66. The molecule has 1 atom stereocenters. The number of rotatable bonds is 5. The van der Waals surface area contributed by atoms with Crippen LogP contribution in [0, 0.1) is 0 Å². The number of amides is 1. The zero-order valence-electron chi connectivity index (χ0n) is 11.9. The van der Waals surface area contributed by atoms with Gasteiger partial charge in [0, 0.05) is 31.0 Å². The van der Waals surface area contributed by atoms with Crippen LogP contribution in [0.5, 0.6) is 0 Å². The summed E-state index contributed by atoms with van der Waals surface area (Å²) in [6.07, 6.45) is 1.82. The van der Waals surface area contributed by atoms with E-state index in [1.807, 2.05) is 24.3 Å². The van der Waals surface area contributed by atoms with Crippen LogP contribution in [0.15, 0.2) is 29.3 Å². The smallest absolute Gasteiger partial charge is 0.235 e. The molecule has 1 heterocycles. The molecule has 0 saturated carbocycles. The fourth-order valence-corrected chi connectivity index (χ4v) is 2.53. The number of isocyanates is 1. The zero-order valence-corrected chi connectivity index (χ0v) is 11.9. The molecule has 1 aromatic carbocycles. The molecular weight excluding hydrogens is 254 g/mol. The quantitative estimate of drug-likeness (QED) is 0.609. The number of hydrogen-bond donors (Lipinski definition) is 0. The third-order valence-corrected chi connectivity index (χ3v) is 3.63. The van der Waals surface area contributed by atoms with Crippen molar-refractivity contribution in [3.63, 3.8) is 0 Å². The van der Waals surface area contributed by atoms with Crippen molar-refractivity contribution < 1.29 is 9.59 Å². The summed E-state index contributed by atoms with van der Waals surface area (Å²) in [5, 5.41) is 0. The summed E-state index contributed by atoms with van der Waals surface area (Å²) in [5.74, 6) is 0.00425. The first-order valence-electron chi connectivity index (χ1n) is 6.92. The highest BCUT2D eigenvalue weighted by Crippen LogP contribution is 2.25. The van der Waals surface area contributed by atoms with E-state index < -0.39 is 0 Å². The van der Waals surface area contributed by atoms with Crippen molar-refractivity contribution in [1.29, 1.82) is 0 Å². The number of benzene rings is 1. The SMILES string of the molecule is CCN(CC)c1ccc(N2CC(N=C=O)CC2=O)cc1. The third kappa shape index (κ3) is 2.89. The Hall–Kier alpha value is -2.13. The zero-order chi connectivity index (χ0) is 14.5. The van der Waals surface area contributed by atoms with E-state index in [1.54, 1.807) is 4.90 Å². The highest BCUT2D eigenvalue weighted by molar-refractivity contribution is 5.96. The number of anilines is 2. The van der Waals surface area contributed by atoms with Gasteiger partial charge in [-0.3, -0.25) is 4.79 Å². The van der Waals surface area contributed by atoms with Gasteiger partial charge in [0.05, 0.1) is 12.5 Å². The fourth-order valence-electron chi connectivity index (χ4n) is 2.53. The van der Waals surface area contributed by atoms with Crippen LogP contribution in [-0.4, -0.2) is 37.7 Å². The minimum atomic E-state index is -0.262. The standard InChI is InChI=1S/C15H19N3O2/c1-3-17(4-2)13-5-7-14(8-6-13)18-10-12(16-11-19)9-15(18)20/h5-8,12H,3-4,9-10H2,1-2H3. The van der Waals surface area contributed by atoms with E-state index in [9.17, 15) is 9.59 Å². The fraction of sp³-hybridized carbons (Fsp3) is 0.467. The second-order valence-corrected chi connectivity index (χ2v) is 4.77. The Morgan fingerprint density at radius 2 is 1.95 bits per heavy atom. The van der Waals surface area contributed by atoms with E-state index in [0.29, 0.717) is 6.54 Å². The summed E-state index contributed by atoms with van der Waals surface area (Å²) in [6.45, 7) is 6.59. The molecule has 0 aliphatic carbocycles. The molecule has 0 bridgehead atoms. The van der Waals surface area contributed by atoms with Gasteiger partial charge < -0.3 is 9.80 Å². The van der Waals surface area contributed by atoms with Crippen LogP contribution in [0.4, 0.5) is 11.4 Å². The maximum atomic E-state index is 11.9. The highest BCUT2D eigenvalue weighted by Gasteiger charge is 2.30. The van der Waals surface area contributed by atoms with Crippen molar-refractivity contribution >= 4 is 23.4 Å². The molecule has 1 saturated heterocycles. The number of nitrogens with zero attached hydrogens (tertiary/aromatic N) is 3. The van der Waals surface area contributed by atoms with Gasteiger partial charge in [0.15, 0.2) is 0 Å². The van der Waals surface area contributed by atoms with Crippen molar-refractivity contribution in [2.45, 2.75) is 26.3 Å². The largest absolute Gasteiger partial charge is 0.372 e. The van der Waals surface area contributed by atoms with Crippen LogP contribution in [0.25, 0.3) is 0 Å². The van der Waals surface area contributed by atoms with E-state index in [2.05, 4.69) is 23.7 Å². The average Bonchev–Trinajstić information content (AvgIpc) is 2.82. The minimum absolute atomic E-state index is 0.00425. The Morgan fingerprint density at radius 3 is 2.50 bits per heavy atom. The van der Waals surface area contributed by atoms with Crippen molar-refractivity contribution in [1.82, 2.24) is 0 Å². The highest BCUT2D eigenvalue weighted by atomic mass is 16.2. The molecule has 0 radical (unpaired) electrons. The first kappa shape index (κ1) is 14.3. The molecular formula is C15H19N3O2. The molecule has 5 nitrogen and oxygen atoms in total. The van der Waals surface area contributed by atoms with Gasteiger partial charge in [-0.2, -0.15) is 0 Å². The molecule has 106 valence electrons. The van der Waals surface area contributed by atoms with Crippen LogP contribution in [0.3, 0.4) is 0 Å². The topological polar surface area (TPSA) is 53.0 Å². The molecule has 1 aliphatic rings. The van der Waals surface area contributed by atoms with Crippen molar-refractivity contribution in [3.8, 4) is 0 Å². The van der Waals surface area contributed by atoms with Gasteiger partial charge in [-0.1, -0.05) is 0 Å². The van der Waals surface area contributed by atoms with Gasteiger partial charge >= 0.3 is 0 Å². The number of hydrogen-bond acceptors (Lipinski definition) is 4. The van der Waals surface area contributed by atoms with E-state index in [0.717, 1.165) is 24.5 Å². The molecule has 5 heteroatoms. The molecule has 1 aromatic rings. The minimum Gasteiger partial charge on any atom is -0.372 e. The van der Waals surface area contributed by atoms with Crippen molar-refractivity contribution in [2.75, 3.05) is 29.4 Å². The predicted octanol–water partition coefficient (Wildman–Crippen LogP) is 1.97. The van der Waals surface area contributed by atoms with Gasteiger partial charge in [-0.05, 0) is 38.1 Å². The first-order chi connectivity index (χ1) is 9.69. The van der Waals surface area contributed by atoms with Crippen molar-refractivity contribution in [2.24, 2.45) is 4.99 Å². The summed E-state index contributed by atoms with van der Waals surface area (Å²) < 4.78 is 0. The number of aliphatic imine (C=N–C) groups is 1. The second-order valence-electron chi connectivity index (χ2n) is 4.77. The van der Waals surface area contributed by atoms with Crippen LogP contribution in [0.2, 0.25) is 0 Å². The number of carbonyl (C=O) groups excluding carboxylic acids is 2. The molecule has 0 aromatic heterocycles. The Kier molecular flexibility index (Phi) is 4.53. The lowest BCUT2D eigenvalue weighted by molar-refractivity contribution is -0.117. The molecule has 0 spiro atoms. The molecule has 20 heavy (non-hydrogen) atoms. The molecule has 2 rings (SSSR count). The van der Waals surface area contributed by atoms with Gasteiger partial charge in [0.2, 0.25) is 12.0 Å². The summed E-state index contributed by atoms with van der Waals surface area (Å²) in [4.78, 5) is 29.8. The Morgan fingerprint density at radius 1 is 1.30 bits per heavy atom. The van der Waals surface area contributed by atoms with Gasteiger partial charge in [0.1, 0.15) is 0 Å². The summed E-state index contributed by atoms with van der Waals surface area (Å²) in [7, 11) is 0. The average molecular weight is 273 g/mol. The molecule has 1 fully saturated rings. The predicted molar refractivity (Wildman–Crippen MR) is 78.9 cm³/mol. The van der Waals surface area contributed by atoms with E-state index in [-0.39, 0.29) is 18.4 Å². The van der Waals surface area contributed by atoms with Crippen LogP contribution in [0.1, 0.15) is 20.3 Å². The van der Waals surface area contributed by atoms with E-state index >= 15 is 0 Å². The van der Waals surface area contributed by atoms with E-state index in [1.165, 1.54) is 6.08 Å². The lowest BCUT2D eigenvalue weighted by atomic mass is 10.2. The lowest BCUT2D eigenvalue weighted by Gasteiger charge is -2.22. The van der Waals surface area contributed by atoms with Gasteiger partial charge in [-0.25, -0.2) is 9.79 Å². The Balaban J connectivity index is 2.14. The molecule has 1 amide bonds. The van der Waals surface area contributed by atoms with Crippen LogP contribution in [-0.2, 0) is 9.59 Å². The Bertz CT molecular complexity index is 516. The summed E-state index contributed by atoms with van der Waals surface area (Å²) >= 11 is 0. The monoisotopic (exact) mass is 273 g/mol. The van der Waals surface area contributed by atoms with Crippen LogP contribution >= 0.6 is 0 Å². The first-order valence-corrected chi connectivity index (χ1v) is 6.92. The normalized spacial score (nSPS) is 18.0. The number of carbonyl (C=O) groups is 1. The third-order valence-electron chi connectivity index (χ3n) is 3.63. The molecule has 1 aliphatic heterocycles.